The molecular formula is C15H17N3O7. The van der Waals surface area contributed by atoms with Gasteiger partial charge in [0.2, 0.25) is 0 Å². The number of hydrogen-bond acceptors (Lipinski definition) is 7. The number of para-hydroxylation sites is 2. The minimum absolute atomic E-state index is 0.0840. The van der Waals surface area contributed by atoms with Crippen molar-refractivity contribution >= 4 is 23.6 Å². The van der Waals surface area contributed by atoms with E-state index < -0.39 is 35.5 Å². The highest BCUT2D eigenvalue weighted by molar-refractivity contribution is 5.97. The van der Waals surface area contributed by atoms with Crippen molar-refractivity contribution in [2.75, 3.05) is 6.61 Å². The van der Waals surface area contributed by atoms with Crippen LogP contribution in [0.3, 0.4) is 0 Å². The number of amides is 3. The number of imide groups is 1. The molecule has 1 aromatic carbocycles. The van der Waals surface area contributed by atoms with Gasteiger partial charge in [0.1, 0.15) is 0 Å². The number of benzene rings is 1. The maximum atomic E-state index is 11.7. The first-order chi connectivity index (χ1) is 11.9. The van der Waals surface area contributed by atoms with Crippen LogP contribution in [0.5, 0.6) is 5.75 Å². The molecule has 25 heavy (non-hydrogen) atoms. The Morgan fingerprint density at radius 1 is 1.32 bits per heavy atom. The molecule has 0 spiro atoms. The van der Waals surface area contributed by atoms with Crippen LogP contribution in [0.1, 0.15) is 19.8 Å². The van der Waals surface area contributed by atoms with Gasteiger partial charge in [-0.2, -0.15) is 0 Å². The van der Waals surface area contributed by atoms with Gasteiger partial charge in [-0.15, -0.1) is 0 Å². The van der Waals surface area contributed by atoms with Gasteiger partial charge in [0, 0.05) is 12.1 Å². The van der Waals surface area contributed by atoms with E-state index in [1.165, 1.54) is 31.2 Å². The number of carbonyl (C=O) groups is 3. The van der Waals surface area contributed by atoms with Crippen molar-refractivity contribution in [3.8, 4) is 5.75 Å². The van der Waals surface area contributed by atoms with Gasteiger partial charge in [0.15, 0.2) is 18.5 Å². The van der Waals surface area contributed by atoms with Crippen molar-refractivity contribution in [1.82, 2.24) is 10.6 Å². The Labute approximate surface area is 142 Å². The van der Waals surface area contributed by atoms with E-state index in [1.807, 2.05) is 0 Å². The number of nitrogens with one attached hydrogen (secondary N) is 2. The zero-order valence-corrected chi connectivity index (χ0v) is 13.4. The van der Waals surface area contributed by atoms with E-state index in [9.17, 15) is 24.5 Å². The third kappa shape index (κ3) is 5.75. The van der Waals surface area contributed by atoms with Crippen LogP contribution in [0.15, 0.2) is 24.3 Å². The van der Waals surface area contributed by atoms with Crippen LogP contribution in [0.25, 0.3) is 0 Å². The topological polar surface area (TPSA) is 137 Å². The standard InChI is InChI=1S/C15H17N3O7/c1-9(14(20)17-15(21)16-10-6-7-10)25-13(19)8-24-12-5-3-2-4-11(12)18(22)23/h2-5,9-10H,6-8H2,1H3,(H2,16,17,20,21). The molecular weight excluding hydrogens is 334 g/mol. The Morgan fingerprint density at radius 3 is 2.64 bits per heavy atom. The highest BCUT2D eigenvalue weighted by Gasteiger charge is 2.26. The van der Waals surface area contributed by atoms with Gasteiger partial charge in [-0.05, 0) is 25.8 Å². The van der Waals surface area contributed by atoms with Crippen LogP contribution in [0.4, 0.5) is 10.5 Å². The van der Waals surface area contributed by atoms with Crippen LogP contribution in [0.2, 0.25) is 0 Å². The summed E-state index contributed by atoms with van der Waals surface area (Å²) in [5, 5.41) is 15.5. The van der Waals surface area contributed by atoms with Gasteiger partial charge in [-0.1, -0.05) is 12.1 Å². The molecule has 1 aliphatic rings. The van der Waals surface area contributed by atoms with Crippen molar-refractivity contribution in [1.29, 1.82) is 0 Å². The first-order valence-electron chi connectivity index (χ1n) is 7.54. The lowest BCUT2D eigenvalue weighted by Gasteiger charge is -2.13. The Morgan fingerprint density at radius 2 is 2.00 bits per heavy atom. The number of nitrogens with zero attached hydrogens (tertiary/aromatic N) is 1. The van der Waals surface area contributed by atoms with Crippen molar-refractivity contribution in [2.24, 2.45) is 0 Å². The van der Waals surface area contributed by atoms with Gasteiger partial charge >= 0.3 is 17.7 Å². The zero-order chi connectivity index (χ0) is 18.4. The van der Waals surface area contributed by atoms with E-state index in [1.54, 1.807) is 0 Å². The number of esters is 1. The van der Waals surface area contributed by atoms with Gasteiger partial charge < -0.3 is 14.8 Å². The Balaban J connectivity index is 1.78. The first kappa shape index (κ1) is 18.2. The number of urea groups is 1. The molecule has 10 heteroatoms. The SMILES string of the molecule is CC(OC(=O)COc1ccccc1[N+](=O)[O-])C(=O)NC(=O)NC1CC1. The fourth-order valence-electron chi connectivity index (χ4n) is 1.81. The first-order valence-corrected chi connectivity index (χ1v) is 7.54. The summed E-state index contributed by atoms with van der Waals surface area (Å²) in [4.78, 5) is 45.0. The Bertz CT molecular complexity index is 687. The van der Waals surface area contributed by atoms with E-state index in [2.05, 4.69) is 10.6 Å². The highest BCUT2D eigenvalue weighted by Crippen LogP contribution is 2.25. The molecule has 0 radical (unpaired) electrons. The quantitative estimate of drug-likeness (QED) is 0.423. The third-order valence-electron chi connectivity index (χ3n) is 3.23. The molecule has 0 aliphatic heterocycles. The second-order valence-electron chi connectivity index (χ2n) is 5.38. The maximum Gasteiger partial charge on any atom is 0.344 e. The molecule has 1 aromatic rings. The van der Waals surface area contributed by atoms with Gasteiger partial charge in [-0.3, -0.25) is 20.2 Å². The van der Waals surface area contributed by atoms with E-state index in [0.717, 1.165) is 12.8 Å². The Hall–Kier alpha value is -3.17. The van der Waals surface area contributed by atoms with Crippen LogP contribution < -0.4 is 15.4 Å². The number of rotatable bonds is 7. The van der Waals surface area contributed by atoms with Gasteiger partial charge in [0.25, 0.3) is 5.91 Å². The number of carbonyl (C=O) groups excluding carboxylic acids is 3. The summed E-state index contributed by atoms with van der Waals surface area (Å²) >= 11 is 0. The molecule has 3 amide bonds. The molecule has 2 N–H and O–H groups in total. The smallest absolute Gasteiger partial charge is 0.344 e. The van der Waals surface area contributed by atoms with E-state index in [-0.39, 0.29) is 17.5 Å². The van der Waals surface area contributed by atoms with Gasteiger partial charge in [-0.25, -0.2) is 9.59 Å². The number of hydrogen-bond donors (Lipinski definition) is 2. The molecule has 0 bridgehead atoms. The fraction of sp³-hybridized carbons (Fsp3) is 0.400. The van der Waals surface area contributed by atoms with Crippen molar-refractivity contribution in [3.63, 3.8) is 0 Å². The molecule has 0 aromatic heterocycles. The predicted octanol–water partition coefficient (Wildman–Crippen LogP) is 0.893. The average Bonchev–Trinajstić information content (AvgIpc) is 3.36. The lowest BCUT2D eigenvalue weighted by Crippen LogP contribution is -2.45. The van der Waals surface area contributed by atoms with E-state index in [0.29, 0.717) is 0 Å². The normalized spacial score (nSPS) is 14.1. The molecule has 10 nitrogen and oxygen atoms in total. The van der Waals surface area contributed by atoms with Crippen LogP contribution >= 0.6 is 0 Å². The molecule has 134 valence electrons. The predicted molar refractivity (Wildman–Crippen MR) is 83.8 cm³/mol. The summed E-state index contributed by atoms with van der Waals surface area (Å²) in [6.45, 7) is 0.680. The summed E-state index contributed by atoms with van der Waals surface area (Å²) in [7, 11) is 0. The lowest BCUT2D eigenvalue weighted by atomic mass is 10.3. The van der Waals surface area contributed by atoms with Crippen molar-refractivity contribution in [3.05, 3.63) is 34.4 Å². The molecule has 1 unspecified atom stereocenters. The molecule has 1 aliphatic carbocycles. The second kappa shape index (κ2) is 8.08. The minimum Gasteiger partial charge on any atom is -0.475 e. The number of ether oxygens (including phenoxy) is 2. The summed E-state index contributed by atoms with van der Waals surface area (Å²) < 4.78 is 9.89. The molecule has 0 saturated heterocycles. The third-order valence-corrected chi connectivity index (χ3v) is 3.23. The van der Waals surface area contributed by atoms with Crippen molar-refractivity contribution in [2.45, 2.75) is 31.9 Å². The fourth-order valence-corrected chi connectivity index (χ4v) is 1.81. The zero-order valence-electron chi connectivity index (χ0n) is 13.4. The largest absolute Gasteiger partial charge is 0.475 e. The Kier molecular flexibility index (Phi) is 5.88. The number of nitro groups is 1. The highest BCUT2D eigenvalue weighted by atomic mass is 16.6. The van der Waals surface area contributed by atoms with Crippen LogP contribution in [0, 0.1) is 10.1 Å². The van der Waals surface area contributed by atoms with Crippen molar-refractivity contribution < 1.29 is 28.8 Å². The van der Waals surface area contributed by atoms with E-state index >= 15 is 0 Å². The lowest BCUT2D eigenvalue weighted by molar-refractivity contribution is -0.385. The van der Waals surface area contributed by atoms with E-state index in [4.69, 9.17) is 9.47 Å². The van der Waals surface area contributed by atoms with Gasteiger partial charge in [0.05, 0.1) is 4.92 Å². The second-order valence-corrected chi connectivity index (χ2v) is 5.38. The molecule has 1 atom stereocenters. The summed E-state index contributed by atoms with van der Waals surface area (Å²) in [6.07, 6.45) is 0.524. The summed E-state index contributed by atoms with van der Waals surface area (Å²) in [5.41, 5.74) is -0.294. The molecule has 1 fully saturated rings. The van der Waals surface area contributed by atoms with Crippen LogP contribution in [-0.4, -0.2) is 41.6 Å². The summed E-state index contributed by atoms with van der Waals surface area (Å²) in [6, 6.07) is 4.98. The number of nitro benzene ring substituents is 1. The minimum atomic E-state index is -1.22. The maximum absolute atomic E-state index is 11.7. The van der Waals surface area contributed by atoms with Crippen LogP contribution in [-0.2, 0) is 14.3 Å². The molecule has 1 saturated carbocycles. The average molecular weight is 351 g/mol. The monoisotopic (exact) mass is 351 g/mol. The molecule has 2 rings (SSSR count). The molecule has 0 heterocycles. The summed E-state index contributed by atoms with van der Waals surface area (Å²) in [5.74, 6) is -1.77.